The van der Waals surface area contributed by atoms with E-state index in [0.29, 0.717) is 5.92 Å². The lowest BCUT2D eigenvalue weighted by molar-refractivity contribution is -0.143. The van der Waals surface area contributed by atoms with Crippen LogP contribution in [0.4, 0.5) is 0 Å². The predicted octanol–water partition coefficient (Wildman–Crippen LogP) is 3.00. The topological polar surface area (TPSA) is 51.2 Å². The van der Waals surface area contributed by atoms with E-state index in [2.05, 4.69) is 31.1 Å². The van der Waals surface area contributed by atoms with Gasteiger partial charge in [-0.15, -0.1) is 11.3 Å². The van der Waals surface area contributed by atoms with Crippen molar-refractivity contribution >= 4 is 17.3 Å². The van der Waals surface area contributed by atoms with Crippen molar-refractivity contribution in [3.8, 4) is 0 Å². The Morgan fingerprint density at radius 1 is 1.37 bits per heavy atom. The van der Waals surface area contributed by atoms with Crippen LogP contribution in [0.1, 0.15) is 48.8 Å². The zero-order chi connectivity index (χ0) is 14.6. The van der Waals surface area contributed by atoms with Crippen molar-refractivity contribution in [3.63, 3.8) is 0 Å². The van der Waals surface area contributed by atoms with Gasteiger partial charge < -0.3 is 4.74 Å². The minimum atomic E-state index is -0.262. The minimum Gasteiger partial charge on any atom is -0.468 e. The summed E-state index contributed by atoms with van der Waals surface area (Å²) in [5, 5.41) is 4.42. The van der Waals surface area contributed by atoms with Crippen LogP contribution < -0.4 is 5.32 Å². The maximum atomic E-state index is 11.8. The number of rotatable bonds is 6. The third-order valence-electron chi connectivity index (χ3n) is 2.98. The molecule has 1 rings (SSSR count). The van der Waals surface area contributed by atoms with E-state index >= 15 is 0 Å². The molecule has 0 saturated carbocycles. The second-order valence-electron chi connectivity index (χ2n) is 5.28. The maximum Gasteiger partial charge on any atom is 0.322 e. The molecule has 1 aromatic rings. The van der Waals surface area contributed by atoms with Crippen LogP contribution in [0.15, 0.2) is 0 Å². The number of aryl methyl sites for hydroxylation is 2. The van der Waals surface area contributed by atoms with E-state index in [-0.39, 0.29) is 18.1 Å². The highest BCUT2D eigenvalue weighted by Gasteiger charge is 2.24. The lowest BCUT2D eigenvalue weighted by Gasteiger charge is -2.22. The second-order valence-corrected chi connectivity index (χ2v) is 6.51. The second kappa shape index (κ2) is 7.01. The van der Waals surface area contributed by atoms with Crippen LogP contribution in [0.2, 0.25) is 0 Å². The minimum absolute atomic E-state index is 0.106. The van der Waals surface area contributed by atoms with E-state index in [9.17, 15) is 4.79 Å². The molecule has 0 fully saturated rings. The van der Waals surface area contributed by atoms with Gasteiger partial charge in [-0.3, -0.25) is 10.1 Å². The molecule has 108 valence electrons. The first-order valence-electron chi connectivity index (χ1n) is 6.63. The number of hydrogen-bond acceptors (Lipinski definition) is 5. The van der Waals surface area contributed by atoms with Gasteiger partial charge in [0.15, 0.2) is 0 Å². The molecule has 1 aromatic heterocycles. The van der Waals surface area contributed by atoms with E-state index in [0.717, 1.165) is 17.1 Å². The Labute approximate surface area is 119 Å². The zero-order valence-electron chi connectivity index (χ0n) is 12.6. The summed E-state index contributed by atoms with van der Waals surface area (Å²) in [6, 6.07) is -0.157. The van der Waals surface area contributed by atoms with Crippen molar-refractivity contribution in [1.29, 1.82) is 0 Å². The van der Waals surface area contributed by atoms with Crippen LogP contribution in [0.25, 0.3) is 0 Å². The summed E-state index contributed by atoms with van der Waals surface area (Å²) < 4.78 is 4.87. The van der Waals surface area contributed by atoms with Gasteiger partial charge in [-0.05, 0) is 33.1 Å². The number of esters is 1. The average Bonchev–Trinajstić information content (AvgIpc) is 2.66. The summed E-state index contributed by atoms with van der Waals surface area (Å²) in [6.45, 7) is 10.3. The van der Waals surface area contributed by atoms with Crippen LogP contribution in [0, 0.1) is 19.8 Å². The average molecular weight is 284 g/mol. The van der Waals surface area contributed by atoms with Gasteiger partial charge in [-0.1, -0.05) is 13.8 Å². The third kappa shape index (κ3) is 4.58. The van der Waals surface area contributed by atoms with Crippen molar-refractivity contribution in [1.82, 2.24) is 10.3 Å². The van der Waals surface area contributed by atoms with Gasteiger partial charge in [0.25, 0.3) is 0 Å². The van der Waals surface area contributed by atoms with Crippen molar-refractivity contribution in [3.05, 3.63) is 15.6 Å². The Morgan fingerprint density at radius 2 is 2.00 bits per heavy atom. The number of carbonyl (C=O) groups excluding carboxylic acids is 1. The van der Waals surface area contributed by atoms with Gasteiger partial charge >= 0.3 is 5.97 Å². The lowest BCUT2D eigenvalue weighted by atomic mass is 10.0. The van der Waals surface area contributed by atoms with Crippen molar-refractivity contribution in [2.24, 2.45) is 5.92 Å². The molecular weight excluding hydrogens is 260 g/mol. The molecule has 19 heavy (non-hydrogen) atoms. The first kappa shape index (κ1) is 16.1. The Hall–Kier alpha value is -0.940. The summed E-state index contributed by atoms with van der Waals surface area (Å²) in [5.41, 5.74) is 1.04. The van der Waals surface area contributed by atoms with Gasteiger partial charge in [0.2, 0.25) is 0 Å². The highest BCUT2D eigenvalue weighted by Crippen LogP contribution is 2.25. The van der Waals surface area contributed by atoms with Crippen LogP contribution in [0.3, 0.4) is 0 Å². The number of aromatic nitrogens is 1. The number of nitrogens with zero attached hydrogens (tertiary/aromatic N) is 1. The summed E-state index contributed by atoms with van der Waals surface area (Å²) in [5.74, 6) is 0.243. The smallest absolute Gasteiger partial charge is 0.322 e. The fourth-order valence-corrected chi connectivity index (χ4v) is 3.11. The molecule has 0 aliphatic heterocycles. The van der Waals surface area contributed by atoms with Gasteiger partial charge in [0.05, 0.1) is 17.8 Å². The van der Waals surface area contributed by atoms with E-state index in [1.807, 2.05) is 13.8 Å². The summed E-state index contributed by atoms with van der Waals surface area (Å²) in [4.78, 5) is 17.4. The van der Waals surface area contributed by atoms with Gasteiger partial charge in [0, 0.05) is 10.9 Å². The first-order valence-corrected chi connectivity index (χ1v) is 7.44. The van der Waals surface area contributed by atoms with Gasteiger partial charge in [0.1, 0.15) is 6.04 Å². The largest absolute Gasteiger partial charge is 0.468 e. The van der Waals surface area contributed by atoms with E-state index in [1.54, 1.807) is 11.3 Å². The van der Waals surface area contributed by atoms with E-state index in [1.165, 1.54) is 12.0 Å². The molecule has 5 heteroatoms. The molecule has 0 amide bonds. The van der Waals surface area contributed by atoms with E-state index in [4.69, 9.17) is 4.74 Å². The number of ether oxygens (including phenoxy) is 1. The van der Waals surface area contributed by atoms with Crippen molar-refractivity contribution in [2.45, 2.75) is 53.1 Å². The Bertz CT molecular complexity index is 429. The maximum absolute atomic E-state index is 11.8. The molecule has 0 aromatic carbocycles. The van der Waals surface area contributed by atoms with E-state index < -0.39 is 0 Å². The standard InChI is InChI=1S/C14H24N2O2S/c1-8(2)7-12(14(17)18-6)16-10(4)13-9(3)15-11(5)19-13/h8,10,12,16H,7H2,1-6H3. The molecule has 0 radical (unpaired) electrons. The number of nitrogens with one attached hydrogen (secondary N) is 1. The molecule has 0 saturated heterocycles. The monoisotopic (exact) mass is 284 g/mol. The lowest BCUT2D eigenvalue weighted by Crippen LogP contribution is -2.40. The van der Waals surface area contributed by atoms with Crippen LogP contribution in [0.5, 0.6) is 0 Å². The molecule has 2 atom stereocenters. The molecule has 0 bridgehead atoms. The molecule has 1 heterocycles. The fraction of sp³-hybridized carbons (Fsp3) is 0.714. The SMILES string of the molecule is COC(=O)C(CC(C)C)NC(C)c1sc(C)nc1C. The summed E-state index contributed by atoms with van der Waals surface area (Å²) >= 11 is 1.68. The number of hydrogen-bond donors (Lipinski definition) is 1. The van der Waals surface area contributed by atoms with Crippen LogP contribution in [-0.4, -0.2) is 24.1 Å². The van der Waals surface area contributed by atoms with Crippen molar-refractivity contribution in [2.75, 3.05) is 7.11 Å². The summed E-state index contributed by atoms with van der Waals surface area (Å²) in [7, 11) is 1.43. The normalized spacial score (nSPS) is 14.5. The highest BCUT2D eigenvalue weighted by atomic mass is 32.1. The number of carbonyl (C=O) groups is 1. The number of methoxy groups -OCH3 is 1. The molecule has 0 aliphatic rings. The molecule has 1 N–H and O–H groups in total. The van der Waals surface area contributed by atoms with Gasteiger partial charge in [-0.25, -0.2) is 4.98 Å². The third-order valence-corrected chi connectivity index (χ3v) is 4.23. The van der Waals surface area contributed by atoms with Crippen molar-refractivity contribution < 1.29 is 9.53 Å². The molecule has 2 unspecified atom stereocenters. The van der Waals surface area contributed by atoms with Crippen LogP contribution in [-0.2, 0) is 9.53 Å². The predicted molar refractivity (Wildman–Crippen MR) is 78.4 cm³/mol. The Balaban J connectivity index is 2.78. The summed E-state index contributed by atoms with van der Waals surface area (Å²) in [6.07, 6.45) is 0.772. The molecular formula is C14H24N2O2S. The number of thiazole rings is 1. The molecule has 4 nitrogen and oxygen atoms in total. The zero-order valence-corrected chi connectivity index (χ0v) is 13.4. The highest BCUT2D eigenvalue weighted by molar-refractivity contribution is 7.11. The Kier molecular flexibility index (Phi) is 5.94. The quantitative estimate of drug-likeness (QED) is 0.816. The first-order chi connectivity index (χ1) is 8.85. The molecule has 0 aliphatic carbocycles. The Morgan fingerprint density at radius 3 is 2.42 bits per heavy atom. The van der Waals surface area contributed by atoms with Crippen LogP contribution >= 0.6 is 11.3 Å². The van der Waals surface area contributed by atoms with Gasteiger partial charge in [-0.2, -0.15) is 0 Å². The molecule has 0 spiro atoms. The fourth-order valence-electron chi connectivity index (χ4n) is 2.17.